The summed E-state index contributed by atoms with van der Waals surface area (Å²) in [5.41, 5.74) is 4.04. The Labute approximate surface area is 99.6 Å². The monoisotopic (exact) mass is 235 g/mol. The number of H-pyrrole nitrogens is 1. The van der Waals surface area contributed by atoms with Gasteiger partial charge in [-0.3, -0.25) is 0 Å². The highest BCUT2D eigenvalue weighted by atomic mass is 19.2. The predicted octanol–water partition coefficient (Wildman–Crippen LogP) is 2.94. The van der Waals surface area contributed by atoms with Crippen molar-refractivity contribution < 1.29 is 13.1 Å². The van der Waals surface area contributed by atoms with E-state index in [9.17, 15) is 8.63 Å². The normalized spacial score (nSPS) is 17.4. The highest BCUT2D eigenvalue weighted by Gasteiger charge is 2.40. The Balaban J connectivity index is 2.42. The van der Waals surface area contributed by atoms with Crippen molar-refractivity contribution in [2.24, 2.45) is 0 Å². The van der Waals surface area contributed by atoms with E-state index < -0.39 is 7.40 Å². The molecule has 0 atom stereocenters. The van der Waals surface area contributed by atoms with Crippen molar-refractivity contribution in [3.8, 4) is 0 Å². The minimum atomic E-state index is -2.51. The Morgan fingerprint density at radius 3 is 2.47 bits per heavy atom. The first-order chi connectivity index (χ1) is 7.99. The van der Waals surface area contributed by atoms with E-state index in [2.05, 4.69) is 4.98 Å². The van der Waals surface area contributed by atoms with Gasteiger partial charge in [0.25, 0.3) is 0 Å². The molecule has 1 N–H and O–H groups in total. The fourth-order valence-electron chi connectivity index (χ4n) is 2.00. The van der Waals surface area contributed by atoms with Crippen molar-refractivity contribution in [1.29, 1.82) is 0 Å². The maximum Gasteiger partial charge on any atom is 0.934 e. The lowest BCUT2D eigenvalue weighted by molar-refractivity contribution is -0.341. The van der Waals surface area contributed by atoms with Crippen molar-refractivity contribution in [3.63, 3.8) is 0 Å². The Kier molecular flexibility index (Phi) is 3.00. The van der Waals surface area contributed by atoms with Crippen LogP contribution >= 0.6 is 0 Å². The summed E-state index contributed by atoms with van der Waals surface area (Å²) in [4.78, 5) is 3.15. The molecule has 2 rings (SSSR count). The number of hydrogen-bond donors (Lipinski definition) is 1. The molecular weight excluding hydrogens is 221 g/mol. The van der Waals surface area contributed by atoms with Crippen molar-refractivity contribution in [2.75, 3.05) is 0 Å². The highest BCUT2D eigenvalue weighted by molar-refractivity contribution is 6.35. The number of aromatic nitrogens is 1. The third kappa shape index (κ3) is 2.23. The SMILES string of the molecule is CC1=[N+](B(F)F)/C(=C\c2[nH]c(C)cc2C)C=C1. The van der Waals surface area contributed by atoms with Gasteiger partial charge in [0.1, 0.15) is 0 Å². The van der Waals surface area contributed by atoms with E-state index in [1.807, 2.05) is 19.9 Å². The van der Waals surface area contributed by atoms with Crippen LogP contribution in [0.3, 0.4) is 0 Å². The van der Waals surface area contributed by atoms with Crippen LogP contribution in [-0.4, -0.2) is 22.6 Å². The highest BCUT2D eigenvalue weighted by Crippen LogP contribution is 2.18. The Bertz CT molecular complexity index is 539. The number of nitrogens with zero attached hydrogens (tertiary/aromatic N) is 1. The van der Waals surface area contributed by atoms with E-state index in [1.54, 1.807) is 25.2 Å². The van der Waals surface area contributed by atoms with Gasteiger partial charge in [0.15, 0.2) is 11.4 Å². The van der Waals surface area contributed by atoms with E-state index in [4.69, 9.17) is 0 Å². The van der Waals surface area contributed by atoms with E-state index in [0.717, 1.165) is 21.4 Å². The largest absolute Gasteiger partial charge is 0.934 e. The lowest BCUT2D eigenvalue weighted by Crippen LogP contribution is -2.23. The van der Waals surface area contributed by atoms with Gasteiger partial charge in [-0.2, -0.15) is 0 Å². The summed E-state index contributed by atoms with van der Waals surface area (Å²) in [6.45, 7) is 5.58. The zero-order valence-corrected chi connectivity index (χ0v) is 10.1. The smallest absolute Gasteiger partial charge is 0.359 e. The third-order valence-corrected chi connectivity index (χ3v) is 2.83. The zero-order valence-electron chi connectivity index (χ0n) is 10.1. The van der Waals surface area contributed by atoms with Crippen molar-refractivity contribution in [1.82, 2.24) is 4.98 Å². The second kappa shape index (κ2) is 4.32. The molecule has 0 amide bonds. The van der Waals surface area contributed by atoms with Gasteiger partial charge in [0, 0.05) is 36.5 Å². The van der Waals surface area contributed by atoms with Crippen molar-refractivity contribution in [2.45, 2.75) is 20.8 Å². The number of halogens is 2. The molecule has 1 aromatic rings. The molecule has 5 heteroatoms. The van der Waals surface area contributed by atoms with Gasteiger partial charge in [-0.05, 0) is 25.5 Å². The average Bonchev–Trinajstić information content (AvgIpc) is 2.71. The Hall–Kier alpha value is -1.65. The van der Waals surface area contributed by atoms with E-state index in [-0.39, 0.29) is 0 Å². The second-order valence-corrected chi connectivity index (χ2v) is 4.24. The van der Waals surface area contributed by atoms with Crippen molar-refractivity contribution >= 4 is 19.2 Å². The minimum Gasteiger partial charge on any atom is -0.359 e. The Morgan fingerprint density at radius 2 is 1.94 bits per heavy atom. The molecule has 1 aliphatic heterocycles. The maximum atomic E-state index is 12.9. The molecule has 88 valence electrons. The van der Waals surface area contributed by atoms with Crippen LogP contribution in [0.25, 0.3) is 6.08 Å². The molecule has 0 bridgehead atoms. The molecular formula is C12H14BF2N2+. The first-order valence-corrected chi connectivity index (χ1v) is 5.46. The Morgan fingerprint density at radius 1 is 1.24 bits per heavy atom. The van der Waals surface area contributed by atoms with Gasteiger partial charge in [0.05, 0.1) is 0 Å². The summed E-state index contributed by atoms with van der Waals surface area (Å²) in [6.07, 6.45) is 5.15. The number of rotatable bonds is 2. The molecule has 0 aliphatic carbocycles. The van der Waals surface area contributed by atoms with Gasteiger partial charge in [0.2, 0.25) is 0 Å². The predicted molar refractivity (Wildman–Crippen MR) is 66.3 cm³/mol. The first-order valence-electron chi connectivity index (χ1n) is 5.46. The number of allylic oxidation sites excluding steroid dienone is 2. The molecule has 0 saturated carbocycles. The third-order valence-electron chi connectivity index (χ3n) is 2.83. The second-order valence-electron chi connectivity index (χ2n) is 4.24. The lowest BCUT2D eigenvalue weighted by Gasteiger charge is -1.97. The topological polar surface area (TPSA) is 18.8 Å². The number of aromatic amines is 1. The molecule has 0 radical (unpaired) electrons. The molecule has 2 nitrogen and oxygen atoms in total. The molecule has 1 aromatic heterocycles. The molecule has 0 fully saturated rings. The minimum absolute atomic E-state index is 0.516. The number of nitrogens with one attached hydrogen (secondary N) is 1. The summed E-state index contributed by atoms with van der Waals surface area (Å²) >= 11 is 0. The van der Waals surface area contributed by atoms with Crippen LogP contribution in [0.2, 0.25) is 0 Å². The van der Waals surface area contributed by atoms with Gasteiger partial charge in [-0.15, -0.1) is 0 Å². The van der Waals surface area contributed by atoms with Crippen LogP contribution in [0.5, 0.6) is 0 Å². The van der Waals surface area contributed by atoms with Crippen LogP contribution < -0.4 is 0 Å². The maximum absolute atomic E-state index is 12.9. The van der Waals surface area contributed by atoms with Crippen LogP contribution in [0.4, 0.5) is 8.63 Å². The van der Waals surface area contributed by atoms with Gasteiger partial charge >= 0.3 is 7.40 Å². The molecule has 0 aromatic carbocycles. The quantitative estimate of drug-likeness (QED) is 0.760. The van der Waals surface area contributed by atoms with E-state index >= 15 is 0 Å². The fourth-order valence-corrected chi connectivity index (χ4v) is 2.00. The van der Waals surface area contributed by atoms with Crippen molar-refractivity contribution in [3.05, 3.63) is 40.9 Å². The van der Waals surface area contributed by atoms with Gasteiger partial charge < -0.3 is 4.98 Å². The van der Waals surface area contributed by atoms with Gasteiger partial charge in [-0.25, -0.2) is 13.1 Å². The molecule has 2 heterocycles. The molecule has 0 spiro atoms. The van der Waals surface area contributed by atoms with Crippen LogP contribution in [0.15, 0.2) is 23.9 Å². The summed E-state index contributed by atoms with van der Waals surface area (Å²) in [7, 11) is -2.51. The van der Waals surface area contributed by atoms with E-state index in [1.165, 1.54) is 0 Å². The van der Waals surface area contributed by atoms with Gasteiger partial charge in [-0.1, -0.05) is 0 Å². The number of aryl methyl sites for hydroxylation is 2. The zero-order chi connectivity index (χ0) is 12.6. The summed E-state index contributed by atoms with van der Waals surface area (Å²) in [5.74, 6) is 0. The van der Waals surface area contributed by atoms with E-state index in [0.29, 0.717) is 11.4 Å². The molecule has 0 saturated heterocycles. The lowest BCUT2D eigenvalue weighted by atomic mass is 10.1. The number of hydrogen-bond acceptors (Lipinski definition) is 0. The fraction of sp³-hybridized carbons (Fsp3) is 0.250. The summed E-state index contributed by atoms with van der Waals surface area (Å²) in [5, 5.41) is 0. The first kappa shape index (κ1) is 11.8. The van der Waals surface area contributed by atoms with Crippen LogP contribution in [0.1, 0.15) is 23.9 Å². The summed E-state index contributed by atoms with van der Waals surface area (Å²) < 4.78 is 26.7. The standard InChI is InChI=1S/C12H13BF2N2/c1-8-6-9(2)16-12(8)7-11-5-4-10(3)17(11)13(14)15/h4-7H,1-3H3/p+1. The van der Waals surface area contributed by atoms with Crippen LogP contribution in [0, 0.1) is 13.8 Å². The average molecular weight is 235 g/mol. The summed E-state index contributed by atoms with van der Waals surface area (Å²) in [6, 6.07) is 1.99. The van der Waals surface area contributed by atoms with Crippen LogP contribution in [-0.2, 0) is 0 Å². The molecule has 1 aliphatic rings. The molecule has 17 heavy (non-hydrogen) atoms. The molecule has 0 unspecified atom stereocenters.